The molecule has 1 saturated heterocycles. The SMILES string of the molecule is COc1cc(NC(=O)c2ccccc2C)ccc1C(=O)N1CCCC(OCCN2CCNCC2)c2cc(Cl)ccc21.Cl.Cl. The van der Waals surface area contributed by atoms with Crippen LogP contribution in [0.3, 0.4) is 0 Å². The van der Waals surface area contributed by atoms with Crippen molar-refractivity contribution in [3.05, 3.63) is 87.9 Å². The fourth-order valence-electron chi connectivity index (χ4n) is 5.50. The normalized spacial score (nSPS) is 16.6. The zero-order valence-electron chi connectivity index (χ0n) is 24.4. The zero-order chi connectivity index (χ0) is 28.8. The Labute approximate surface area is 270 Å². The number of amides is 2. The van der Waals surface area contributed by atoms with Crippen LogP contribution in [-0.2, 0) is 4.74 Å². The van der Waals surface area contributed by atoms with E-state index in [1.807, 2.05) is 43.3 Å². The van der Waals surface area contributed by atoms with Crippen LogP contribution in [-0.4, -0.2) is 69.7 Å². The van der Waals surface area contributed by atoms with Crippen molar-refractivity contribution in [3.8, 4) is 5.75 Å². The van der Waals surface area contributed by atoms with Crippen LogP contribution in [0.1, 0.15) is 50.8 Å². The molecule has 2 aliphatic rings. The number of nitrogens with one attached hydrogen (secondary N) is 2. The van der Waals surface area contributed by atoms with E-state index in [0.29, 0.717) is 40.7 Å². The monoisotopic (exact) mass is 648 g/mol. The molecule has 0 aliphatic carbocycles. The molecule has 43 heavy (non-hydrogen) atoms. The van der Waals surface area contributed by atoms with Gasteiger partial charge in [0.2, 0.25) is 0 Å². The molecule has 232 valence electrons. The number of halogens is 3. The molecule has 0 radical (unpaired) electrons. The van der Waals surface area contributed by atoms with Crippen molar-refractivity contribution in [1.29, 1.82) is 0 Å². The second kappa shape index (κ2) is 16.3. The number of fused-ring (bicyclic) bond motifs is 1. The van der Waals surface area contributed by atoms with Crippen molar-refractivity contribution >= 4 is 59.6 Å². The van der Waals surface area contributed by atoms with E-state index in [-0.39, 0.29) is 42.7 Å². The van der Waals surface area contributed by atoms with Gasteiger partial charge in [-0.15, -0.1) is 24.8 Å². The van der Waals surface area contributed by atoms with E-state index in [9.17, 15) is 9.59 Å². The molecule has 1 atom stereocenters. The Morgan fingerprint density at radius 1 is 1.00 bits per heavy atom. The summed E-state index contributed by atoms with van der Waals surface area (Å²) in [6, 6.07) is 18.2. The summed E-state index contributed by atoms with van der Waals surface area (Å²) in [5.74, 6) is -0.00427. The highest BCUT2D eigenvalue weighted by Gasteiger charge is 2.29. The molecule has 0 aromatic heterocycles. The summed E-state index contributed by atoms with van der Waals surface area (Å²) in [6.07, 6.45) is 1.42. The maximum absolute atomic E-state index is 14.0. The number of hydrogen-bond acceptors (Lipinski definition) is 6. The summed E-state index contributed by atoms with van der Waals surface area (Å²) in [6.45, 7) is 7.98. The van der Waals surface area contributed by atoms with Gasteiger partial charge in [0.25, 0.3) is 11.8 Å². The molecule has 3 aromatic carbocycles. The van der Waals surface area contributed by atoms with Crippen molar-refractivity contribution in [2.75, 3.05) is 63.2 Å². The van der Waals surface area contributed by atoms with Gasteiger partial charge < -0.3 is 25.0 Å². The number of ether oxygens (including phenoxy) is 2. The number of methoxy groups -OCH3 is 1. The molecular formula is C32H39Cl3N4O4. The molecule has 2 amide bonds. The smallest absolute Gasteiger partial charge is 0.262 e. The van der Waals surface area contributed by atoms with E-state index in [4.69, 9.17) is 21.1 Å². The number of carbonyl (C=O) groups is 2. The van der Waals surface area contributed by atoms with Crippen molar-refractivity contribution in [2.24, 2.45) is 0 Å². The van der Waals surface area contributed by atoms with Gasteiger partial charge in [-0.2, -0.15) is 0 Å². The summed E-state index contributed by atoms with van der Waals surface area (Å²) in [5.41, 5.74) is 4.16. The maximum atomic E-state index is 14.0. The Balaban J connectivity index is 0.00000253. The topological polar surface area (TPSA) is 83.1 Å². The third-order valence-electron chi connectivity index (χ3n) is 7.74. The molecular weight excluding hydrogens is 611 g/mol. The van der Waals surface area contributed by atoms with E-state index < -0.39 is 0 Å². The second-order valence-electron chi connectivity index (χ2n) is 10.4. The minimum Gasteiger partial charge on any atom is -0.496 e. The van der Waals surface area contributed by atoms with Crippen molar-refractivity contribution in [2.45, 2.75) is 25.9 Å². The first kappa shape index (κ1) is 34.6. The molecule has 1 unspecified atom stereocenters. The highest BCUT2D eigenvalue weighted by atomic mass is 35.5. The average molecular weight is 650 g/mol. The van der Waals surface area contributed by atoms with Gasteiger partial charge in [0.15, 0.2) is 0 Å². The predicted octanol–water partition coefficient (Wildman–Crippen LogP) is 6.16. The Hall–Kier alpha value is -2.85. The minimum atomic E-state index is -0.217. The maximum Gasteiger partial charge on any atom is 0.262 e. The summed E-state index contributed by atoms with van der Waals surface area (Å²) in [7, 11) is 1.53. The highest BCUT2D eigenvalue weighted by Crippen LogP contribution is 2.38. The van der Waals surface area contributed by atoms with Crippen LogP contribution in [0.15, 0.2) is 60.7 Å². The highest BCUT2D eigenvalue weighted by molar-refractivity contribution is 6.30. The largest absolute Gasteiger partial charge is 0.496 e. The third kappa shape index (κ3) is 8.41. The molecule has 5 rings (SSSR count). The van der Waals surface area contributed by atoms with Gasteiger partial charge in [-0.05, 0) is 61.7 Å². The van der Waals surface area contributed by atoms with Gasteiger partial charge in [-0.1, -0.05) is 29.8 Å². The second-order valence-corrected chi connectivity index (χ2v) is 10.9. The molecule has 2 N–H and O–H groups in total. The number of hydrogen-bond donors (Lipinski definition) is 2. The first-order chi connectivity index (χ1) is 19.9. The average Bonchev–Trinajstić information content (AvgIpc) is 3.16. The van der Waals surface area contributed by atoms with Crippen molar-refractivity contribution in [3.63, 3.8) is 0 Å². The van der Waals surface area contributed by atoms with Gasteiger partial charge in [-0.3, -0.25) is 14.5 Å². The first-order valence-corrected chi connectivity index (χ1v) is 14.5. The minimum absolute atomic E-state index is 0. The molecule has 1 fully saturated rings. The molecule has 2 aliphatic heterocycles. The lowest BCUT2D eigenvalue weighted by Crippen LogP contribution is -2.44. The van der Waals surface area contributed by atoms with Crippen LogP contribution >= 0.6 is 36.4 Å². The van der Waals surface area contributed by atoms with Crippen LogP contribution < -0.4 is 20.3 Å². The van der Waals surface area contributed by atoms with Crippen molar-refractivity contribution in [1.82, 2.24) is 10.2 Å². The molecule has 0 saturated carbocycles. The van der Waals surface area contributed by atoms with Crippen LogP contribution in [0.25, 0.3) is 0 Å². The van der Waals surface area contributed by atoms with Gasteiger partial charge in [-0.25, -0.2) is 0 Å². The Kier molecular flexibility index (Phi) is 13.1. The molecule has 3 aromatic rings. The van der Waals surface area contributed by atoms with Gasteiger partial charge >= 0.3 is 0 Å². The first-order valence-electron chi connectivity index (χ1n) is 14.2. The molecule has 8 nitrogen and oxygen atoms in total. The lowest BCUT2D eigenvalue weighted by molar-refractivity contribution is 0.0303. The van der Waals surface area contributed by atoms with E-state index >= 15 is 0 Å². The molecule has 0 spiro atoms. The van der Waals surface area contributed by atoms with E-state index in [0.717, 1.165) is 62.4 Å². The zero-order valence-corrected chi connectivity index (χ0v) is 26.8. The molecule has 0 bridgehead atoms. The number of rotatable bonds is 8. The van der Waals surface area contributed by atoms with Crippen LogP contribution in [0.5, 0.6) is 5.75 Å². The predicted molar refractivity (Wildman–Crippen MR) is 177 cm³/mol. The number of carbonyl (C=O) groups excluding carboxylic acids is 2. The van der Waals surface area contributed by atoms with Gasteiger partial charge in [0.05, 0.1) is 25.4 Å². The van der Waals surface area contributed by atoms with Crippen LogP contribution in [0.4, 0.5) is 11.4 Å². The summed E-state index contributed by atoms with van der Waals surface area (Å²) in [4.78, 5) is 31.0. The quantitative estimate of drug-likeness (QED) is 0.305. The lowest BCUT2D eigenvalue weighted by atomic mass is 10.0. The summed E-state index contributed by atoms with van der Waals surface area (Å²) < 4.78 is 12.0. The number of anilines is 2. The Morgan fingerprint density at radius 2 is 1.77 bits per heavy atom. The number of aryl methyl sites for hydroxylation is 1. The van der Waals surface area contributed by atoms with E-state index in [1.54, 1.807) is 29.2 Å². The fourth-order valence-corrected chi connectivity index (χ4v) is 5.68. The Morgan fingerprint density at radius 3 is 2.51 bits per heavy atom. The summed E-state index contributed by atoms with van der Waals surface area (Å²) >= 11 is 6.43. The van der Waals surface area contributed by atoms with Crippen molar-refractivity contribution < 1.29 is 19.1 Å². The third-order valence-corrected chi connectivity index (χ3v) is 7.97. The number of piperazine rings is 1. The standard InChI is InChI=1S/C32H37ClN4O4.2ClH/c1-22-6-3-4-7-25(22)31(38)35-24-10-11-26(30(21-24)40-2)32(39)37-15-5-8-29(27-20-23(33)9-12-28(27)37)41-19-18-36-16-13-34-14-17-36;;/h3-4,6-7,9-12,20-21,29,34H,5,8,13-19H2,1-2H3,(H,35,38);2*1H. The van der Waals surface area contributed by atoms with Crippen LogP contribution in [0, 0.1) is 6.92 Å². The van der Waals surface area contributed by atoms with E-state index in [1.165, 1.54) is 7.11 Å². The fraction of sp³-hybridized carbons (Fsp3) is 0.375. The van der Waals surface area contributed by atoms with E-state index in [2.05, 4.69) is 15.5 Å². The van der Waals surface area contributed by atoms with Gasteiger partial charge in [0, 0.05) is 72.9 Å². The summed E-state index contributed by atoms with van der Waals surface area (Å²) in [5, 5.41) is 6.91. The molecule has 2 heterocycles. The van der Waals surface area contributed by atoms with Crippen LogP contribution in [0.2, 0.25) is 5.02 Å². The number of nitrogens with zero attached hydrogens (tertiary/aromatic N) is 2. The Bertz CT molecular complexity index is 1400. The lowest BCUT2D eigenvalue weighted by Gasteiger charge is -2.28. The van der Waals surface area contributed by atoms with Gasteiger partial charge in [0.1, 0.15) is 5.75 Å². The molecule has 11 heteroatoms. The number of benzene rings is 3.